The van der Waals surface area contributed by atoms with Gasteiger partial charge in [0, 0.05) is 12.6 Å². The Morgan fingerprint density at radius 3 is 2.50 bits per heavy atom. The third-order valence-corrected chi connectivity index (χ3v) is 3.95. The minimum Gasteiger partial charge on any atom is -0.491 e. The van der Waals surface area contributed by atoms with E-state index in [0.717, 1.165) is 29.3 Å². The fraction of sp³-hybridized carbons (Fsp3) is 0.409. The van der Waals surface area contributed by atoms with Crippen molar-refractivity contribution in [3.8, 4) is 5.75 Å². The van der Waals surface area contributed by atoms with Crippen molar-refractivity contribution >= 4 is 11.6 Å². The van der Waals surface area contributed by atoms with Crippen LogP contribution in [0, 0.1) is 5.92 Å². The molecule has 0 bridgehead atoms. The molecule has 0 aromatic heterocycles. The lowest BCUT2D eigenvalue weighted by atomic mass is 10.0. The lowest BCUT2D eigenvalue weighted by Gasteiger charge is -2.09. The van der Waals surface area contributed by atoms with Crippen molar-refractivity contribution in [2.24, 2.45) is 5.92 Å². The largest absolute Gasteiger partial charge is 0.491 e. The van der Waals surface area contributed by atoms with Crippen LogP contribution in [0.3, 0.4) is 0 Å². The van der Waals surface area contributed by atoms with Crippen LogP contribution in [0.15, 0.2) is 48.5 Å². The molecule has 0 unspecified atom stereocenters. The summed E-state index contributed by atoms with van der Waals surface area (Å²) in [4.78, 5) is 11.1. The SMILES string of the molecule is CC(=O)Nc1cccc(COCCOc2ccc(CCC(C)C)cc2)c1. The summed E-state index contributed by atoms with van der Waals surface area (Å²) in [5.41, 5.74) is 3.15. The maximum absolute atomic E-state index is 11.1. The first kappa shape index (κ1) is 20.0. The molecule has 0 fully saturated rings. The van der Waals surface area contributed by atoms with Gasteiger partial charge >= 0.3 is 0 Å². The maximum atomic E-state index is 11.1. The van der Waals surface area contributed by atoms with E-state index in [2.05, 4.69) is 31.3 Å². The topological polar surface area (TPSA) is 47.6 Å². The fourth-order valence-corrected chi connectivity index (χ4v) is 2.56. The highest BCUT2D eigenvalue weighted by Gasteiger charge is 2.00. The summed E-state index contributed by atoms with van der Waals surface area (Å²) in [5.74, 6) is 1.52. The van der Waals surface area contributed by atoms with Gasteiger partial charge in [-0.1, -0.05) is 38.1 Å². The average Bonchev–Trinajstić information content (AvgIpc) is 2.60. The summed E-state index contributed by atoms with van der Waals surface area (Å²) < 4.78 is 11.4. The van der Waals surface area contributed by atoms with Crippen LogP contribution < -0.4 is 10.1 Å². The number of aryl methyl sites for hydroxylation is 1. The van der Waals surface area contributed by atoms with Crippen LogP contribution in [0.1, 0.15) is 38.3 Å². The molecule has 26 heavy (non-hydrogen) atoms. The smallest absolute Gasteiger partial charge is 0.221 e. The van der Waals surface area contributed by atoms with Gasteiger partial charge < -0.3 is 14.8 Å². The normalized spacial score (nSPS) is 10.8. The minimum atomic E-state index is -0.0771. The van der Waals surface area contributed by atoms with Crippen molar-refractivity contribution in [2.45, 2.75) is 40.2 Å². The van der Waals surface area contributed by atoms with Gasteiger partial charge in [0.1, 0.15) is 12.4 Å². The number of ether oxygens (including phenoxy) is 2. The molecule has 0 saturated carbocycles. The van der Waals surface area contributed by atoms with Crippen LogP contribution in [0.4, 0.5) is 5.69 Å². The third kappa shape index (κ3) is 7.70. The van der Waals surface area contributed by atoms with E-state index in [0.29, 0.717) is 19.8 Å². The van der Waals surface area contributed by atoms with E-state index >= 15 is 0 Å². The van der Waals surface area contributed by atoms with Crippen LogP contribution in [0.25, 0.3) is 0 Å². The van der Waals surface area contributed by atoms with Crippen LogP contribution >= 0.6 is 0 Å². The van der Waals surface area contributed by atoms with E-state index in [-0.39, 0.29) is 5.91 Å². The van der Waals surface area contributed by atoms with Gasteiger partial charge in [-0.25, -0.2) is 0 Å². The number of amides is 1. The molecule has 1 N–H and O–H groups in total. The molecule has 0 aliphatic carbocycles. The molecular weight excluding hydrogens is 326 g/mol. The number of benzene rings is 2. The van der Waals surface area contributed by atoms with Crippen molar-refractivity contribution in [1.29, 1.82) is 0 Å². The first-order valence-corrected chi connectivity index (χ1v) is 9.19. The standard InChI is InChI=1S/C22H29NO3/c1-17(2)7-8-19-9-11-22(12-10-19)26-14-13-25-16-20-5-4-6-21(15-20)23-18(3)24/h4-6,9-12,15,17H,7-8,13-14,16H2,1-3H3,(H,23,24). The average molecular weight is 355 g/mol. The fourth-order valence-electron chi connectivity index (χ4n) is 2.56. The van der Waals surface area contributed by atoms with Crippen LogP contribution in [-0.2, 0) is 22.6 Å². The minimum absolute atomic E-state index is 0.0771. The summed E-state index contributed by atoms with van der Waals surface area (Å²) in [6, 6.07) is 16.0. The van der Waals surface area contributed by atoms with Gasteiger partial charge in [-0.2, -0.15) is 0 Å². The molecule has 0 atom stereocenters. The highest BCUT2D eigenvalue weighted by molar-refractivity contribution is 5.88. The van der Waals surface area contributed by atoms with Gasteiger partial charge in [0.05, 0.1) is 13.2 Å². The molecule has 4 nitrogen and oxygen atoms in total. The van der Waals surface area contributed by atoms with Crippen molar-refractivity contribution in [3.63, 3.8) is 0 Å². The van der Waals surface area contributed by atoms with Gasteiger partial charge in [-0.15, -0.1) is 0 Å². The van der Waals surface area contributed by atoms with Crippen LogP contribution in [0.5, 0.6) is 5.75 Å². The van der Waals surface area contributed by atoms with Crippen LogP contribution in [-0.4, -0.2) is 19.1 Å². The molecular formula is C22H29NO3. The molecule has 0 aliphatic rings. The Morgan fingerprint density at radius 1 is 1.04 bits per heavy atom. The third-order valence-electron chi connectivity index (χ3n) is 3.95. The second kappa shape index (κ2) is 10.6. The predicted molar refractivity (Wildman–Crippen MR) is 105 cm³/mol. The summed E-state index contributed by atoms with van der Waals surface area (Å²) in [7, 11) is 0. The van der Waals surface area contributed by atoms with Crippen molar-refractivity contribution in [1.82, 2.24) is 0 Å². The second-order valence-corrected chi connectivity index (χ2v) is 6.86. The molecule has 2 aromatic rings. The number of rotatable bonds is 10. The van der Waals surface area contributed by atoms with Gasteiger partial charge in [-0.3, -0.25) is 4.79 Å². The lowest BCUT2D eigenvalue weighted by molar-refractivity contribution is -0.114. The Balaban J connectivity index is 1.66. The predicted octanol–water partition coefficient (Wildman–Crippen LogP) is 4.83. The number of nitrogens with one attached hydrogen (secondary N) is 1. The van der Waals surface area contributed by atoms with E-state index in [1.54, 1.807) is 0 Å². The zero-order chi connectivity index (χ0) is 18.8. The maximum Gasteiger partial charge on any atom is 0.221 e. The van der Waals surface area contributed by atoms with Crippen molar-refractivity contribution in [2.75, 3.05) is 18.5 Å². The van der Waals surface area contributed by atoms with Gasteiger partial charge in [0.15, 0.2) is 0 Å². The summed E-state index contributed by atoms with van der Waals surface area (Å²) in [6.45, 7) is 7.50. The van der Waals surface area contributed by atoms with Crippen LogP contribution in [0.2, 0.25) is 0 Å². The second-order valence-electron chi connectivity index (χ2n) is 6.86. The molecule has 0 saturated heterocycles. The molecule has 1 amide bonds. The van der Waals surface area contributed by atoms with E-state index in [9.17, 15) is 4.79 Å². The Bertz CT molecular complexity index is 680. The van der Waals surface area contributed by atoms with E-state index in [1.807, 2.05) is 36.4 Å². The van der Waals surface area contributed by atoms with Gasteiger partial charge in [0.2, 0.25) is 5.91 Å². The molecule has 0 spiro atoms. The Hall–Kier alpha value is -2.33. The molecule has 0 heterocycles. The molecule has 2 rings (SSSR count). The highest BCUT2D eigenvalue weighted by atomic mass is 16.5. The number of anilines is 1. The van der Waals surface area contributed by atoms with Gasteiger partial charge in [0.25, 0.3) is 0 Å². The summed E-state index contributed by atoms with van der Waals surface area (Å²) >= 11 is 0. The number of carbonyl (C=O) groups excluding carboxylic acids is 1. The molecule has 0 aliphatic heterocycles. The van der Waals surface area contributed by atoms with Gasteiger partial charge in [-0.05, 0) is 54.2 Å². The Morgan fingerprint density at radius 2 is 1.81 bits per heavy atom. The molecule has 2 aromatic carbocycles. The first-order valence-electron chi connectivity index (χ1n) is 9.19. The summed E-state index contributed by atoms with van der Waals surface area (Å²) in [6.07, 6.45) is 2.32. The van der Waals surface area contributed by atoms with E-state index < -0.39 is 0 Å². The highest BCUT2D eigenvalue weighted by Crippen LogP contribution is 2.15. The van der Waals surface area contributed by atoms with Crippen molar-refractivity contribution < 1.29 is 14.3 Å². The number of carbonyl (C=O) groups is 1. The van der Waals surface area contributed by atoms with E-state index in [4.69, 9.17) is 9.47 Å². The molecule has 0 radical (unpaired) electrons. The number of hydrogen-bond acceptors (Lipinski definition) is 3. The Kier molecular flexibility index (Phi) is 8.16. The number of hydrogen-bond donors (Lipinski definition) is 1. The quantitative estimate of drug-likeness (QED) is 0.621. The zero-order valence-corrected chi connectivity index (χ0v) is 16.0. The molecule has 4 heteroatoms. The molecule has 140 valence electrons. The monoisotopic (exact) mass is 355 g/mol. The zero-order valence-electron chi connectivity index (χ0n) is 16.0. The first-order chi connectivity index (χ1) is 12.5. The van der Waals surface area contributed by atoms with E-state index in [1.165, 1.54) is 18.9 Å². The lowest BCUT2D eigenvalue weighted by Crippen LogP contribution is -2.08. The summed E-state index contributed by atoms with van der Waals surface area (Å²) in [5, 5.41) is 2.77. The van der Waals surface area contributed by atoms with Crippen molar-refractivity contribution in [3.05, 3.63) is 59.7 Å². The Labute approximate surface area is 156 Å².